The zero-order valence-corrected chi connectivity index (χ0v) is 15.5. The lowest BCUT2D eigenvalue weighted by Crippen LogP contribution is -2.42. The molecule has 1 atom stereocenters. The number of hydrogen-bond acceptors (Lipinski definition) is 4. The average Bonchev–Trinajstić information content (AvgIpc) is 2.62. The van der Waals surface area contributed by atoms with Crippen molar-refractivity contribution < 1.29 is 24.2 Å². The predicted octanol–water partition coefficient (Wildman–Crippen LogP) is 2.50. The van der Waals surface area contributed by atoms with Crippen LogP contribution in [0.2, 0.25) is 0 Å². The highest BCUT2D eigenvalue weighted by Crippen LogP contribution is 2.11. The number of nitrogens with one attached hydrogen (secondary N) is 1. The smallest absolute Gasteiger partial charge is 0.337 e. The fourth-order valence-electron chi connectivity index (χ4n) is 2.20. The van der Waals surface area contributed by atoms with Crippen LogP contribution in [0.1, 0.15) is 26.3 Å². The van der Waals surface area contributed by atoms with Gasteiger partial charge in [0.15, 0.2) is 0 Å². The van der Waals surface area contributed by atoms with Crippen molar-refractivity contribution in [2.45, 2.75) is 12.5 Å². The first-order chi connectivity index (χ1) is 11.9. The van der Waals surface area contributed by atoms with Crippen LogP contribution in [0.25, 0.3) is 0 Å². The molecule has 0 bridgehead atoms. The van der Waals surface area contributed by atoms with Gasteiger partial charge in [-0.1, -0.05) is 18.2 Å². The number of carbonyl (C=O) groups is 3. The third-order valence-electron chi connectivity index (χ3n) is 3.50. The molecule has 2 N–H and O–H groups in total. The third-order valence-corrected chi connectivity index (χ3v) is 4.22. The predicted molar refractivity (Wildman–Crippen MR) is 99.5 cm³/mol. The molecule has 0 saturated carbocycles. The Morgan fingerprint density at radius 3 is 2.36 bits per heavy atom. The second kappa shape index (κ2) is 8.61. The minimum Gasteiger partial charge on any atom is -0.480 e. The molecule has 0 aromatic heterocycles. The summed E-state index contributed by atoms with van der Waals surface area (Å²) < 4.78 is 5.65. The summed E-state index contributed by atoms with van der Waals surface area (Å²) in [6, 6.07) is 12.2. The number of rotatable bonds is 6. The van der Waals surface area contributed by atoms with Crippen LogP contribution in [0.15, 0.2) is 48.5 Å². The fraction of sp³-hybridized carbons (Fsp3) is 0.167. The fourth-order valence-corrected chi connectivity index (χ4v) is 2.56. The molecule has 7 heteroatoms. The Hall–Kier alpha value is -2.42. The van der Waals surface area contributed by atoms with E-state index in [0.717, 1.165) is 9.13 Å². The maximum atomic E-state index is 12.3. The van der Waals surface area contributed by atoms with Crippen molar-refractivity contribution >= 4 is 40.4 Å². The highest BCUT2D eigenvalue weighted by atomic mass is 127. The molecular formula is C18H16INO5. The Balaban J connectivity index is 2.13. The van der Waals surface area contributed by atoms with Gasteiger partial charge in [0, 0.05) is 15.6 Å². The number of halogens is 1. The molecule has 0 spiro atoms. The summed E-state index contributed by atoms with van der Waals surface area (Å²) in [6.07, 6.45) is 0.161. The Morgan fingerprint density at radius 1 is 1.12 bits per heavy atom. The summed E-state index contributed by atoms with van der Waals surface area (Å²) in [5.41, 5.74) is 1.22. The second-order valence-electron chi connectivity index (χ2n) is 5.27. The van der Waals surface area contributed by atoms with Gasteiger partial charge >= 0.3 is 11.9 Å². The molecule has 2 rings (SSSR count). The maximum absolute atomic E-state index is 12.3. The van der Waals surface area contributed by atoms with E-state index in [9.17, 15) is 19.5 Å². The van der Waals surface area contributed by atoms with E-state index < -0.39 is 23.9 Å². The lowest BCUT2D eigenvalue weighted by Gasteiger charge is -2.15. The molecule has 25 heavy (non-hydrogen) atoms. The van der Waals surface area contributed by atoms with E-state index in [1.165, 1.54) is 31.4 Å². The van der Waals surface area contributed by atoms with Gasteiger partial charge in [0.05, 0.1) is 12.7 Å². The molecule has 0 aliphatic rings. The van der Waals surface area contributed by atoms with Crippen molar-refractivity contribution in [3.63, 3.8) is 0 Å². The minimum absolute atomic E-state index is 0.161. The molecular weight excluding hydrogens is 437 g/mol. The number of ether oxygens (including phenoxy) is 1. The zero-order chi connectivity index (χ0) is 18.4. The number of carboxylic acid groups (broad SMARTS) is 1. The highest BCUT2D eigenvalue weighted by molar-refractivity contribution is 14.1. The molecule has 2 aromatic rings. The summed E-state index contributed by atoms with van der Waals surface area (Å²) in [7, 11) is 1.25. The summed E-state index contributed by atoms with van der Waals surface area (Å²) in [4.78, 5) is 35.3. The molecule has 6 nitrogen and oxygen atoms in total. The van der Waals surface area contributed by atoms with Crippen molar-refractivity contribution in [2.24, 2.45) is 0 Å². The molecule has 130 valence electrons. The average molecular weight is 453 g/mol. The van der Waals surface area contributed by atoms with Crippen LogP contribution >= 0.6 is 22.6 Å². The van der Waals surface area contributed by atoms with Gasteiger partial charge in [-0.05, 0) is 58.5 Å². The monoisotopic (exact) mass is 453 g/mol. The number of methoxy groups -OCH3 is 1. The molecule has 0 unspecified atom stereocenters. The van der Waals surface area contributed by atoms with Crippen molar-refractivity contribution in [3.05, 3.63) is 68.8 Å². The van der Waals surface area contributed by atoms with Gasteiger partial charge in [0.25, 0.3) is 5.91 Å². The first-order valence-electron chi connectivity index (χ1n) is 7.37. The summed E-state index contributed by atoms with van der Waals surface area (Å²) in [5, 5.41) is 11.9. The first kappa shape index (κ1) is 18.9. The Bertz CT molecular complexity index is 788. The molecule has 2 aromatic carbocycles. The van der Waals surface area contributed by atoms with Gasteiger partial charge in [-0.3, -0.25) is 4.79 Å². The van der Waals surface area contributed by atoms with Crippen LogP contribution in [0.4, 0.5) is 0 Å². The molecule has 0 fully saturated rings. The maximum Gasteiger partial charge on any atom is 0.337 e. The summed E-state index contributed by atoms with van der Waals surface area (Å²) >= 11 is 2.16. The van der Waals surface area contributed by atoms with Crippen LogP contribution in [-0.4, -0.2) is 36.1 Å². The van der Waals surface area contributed by atoms with Crippen LogP contribution in [0.3, 0.4) is 0 Å². The molecule has 0 aliphatic heterocycles. The normalized spacial score (nSPS) is 11.4. The Kier molecular flexibility index (Phi) is 6.51. The highest BCUT2D eigenvalue weighted by Gasteiger charge is 2.21. The van der Waals surface area contributed by atoms with Crippen LogP contribution < -0.4 is 5.32 Å². The molecule has 0 saturated heterocycles. The first-order valence-corrected chi connectivity index (χ1v) is 8.45. The second-order valence-corrected chi connectivity index (χ2v) is 6.51. The lowest BCUT2D eigenvalue weighted by atomic mass is 10.0. The van der Waals surface area contributed by atoms with Crippen molar-refractivity contribution in [1.29, 1.82) is 0 Å². The summed E-state index contributed by atoms with van der Waals surface area (Å²) in [5.74, 6) is -2.26. The molecule has 1 amide bonds. The van der Waals surface area contributed by atoms with Crippen molar-refractivity contribution in [1.82, 2.24) is 5.32 Å². The molecule has 0 aliphatic carbocycles. The minimum atomic E-state index is -1.13. The SMILES string of the molecule is COC(=O)c1cccc(C(=O)N[C@@H](Cc2ccc(I)cc2)C(=O)O)c1. The van der Waals surface area contributed by atoms with Crippen LogP contribution in [0.5, 0.6) is 0 Å². The lowest BCUT2D eigenvalue weighted by molar-refractivity contribution is -0.139. The molecule has 0 heterocycles. The van der Waals surface area contributed by atoms with Gasteiger partial charge in [-0.2, -0.15) is 0 Å². The van der Waals surface area contributed by atoms with Crippen LogP contribution in [-0.2, 0) is 16.0 Å². The van der Waals surface area contributed by atoms with Crippen molar-refractivity contribution in [3.8, 4) is 0 Å². The number of hydrogen-bond donors (Lipinski definition) is 2. The third kappa shape index (κ3) is 5.28. The van der Waals surface area contributed by atoms with E-state index in [4.69, 9.17) is 0 Å². The van der Waals surface area contributed by atoms with E-state index in [0.29, 0.717) is 0 Å². The zero-order valence-electron chi connectivity index (χ0n) is 13.4. The molecule has 0 radical (unpaired) electrons. The van der Waals surface area contributed by atoms with Crippen LogP contribution in [0, 0.1) is 3.57 Å². The number of benzene rings is 2. The Labute approximate surface area is 158 Å². The van der Waals surface area contributed by atoms with E-state index >= 15 is 0 Å². The topological polar surface area (TPSA) is 92.7 Å². The number of carbonyl (C=O) groups excluding carboxylic acids is 2. The van der Waals surface area contributed by atoms with Gasteiger partial charge in [0.1, 0.15) is 6.04 Å². The summed E-state index contributed by atoms with van der Waals surface area (Å²) in [6.45, 7) is 0. The van der Waals surface area contributed by atoms with E-state index in [-0.39, 0.29) is 17.5 Å². The van der Waals surface area contributed by atoms with Gasteiger partial charge in [-0.25, -0.2) is 9.59 Å². The Morgan fingerprint density at radius 2 is 1.76 bits per heavy atom. The van der Waals surface area contributed by atoms with Crippen molar-refractivity contribution in [2.75, 3.05) is 7.11 Å². The van der Waals surface area contributed by atoms with E-state index in [2.05, 4.69) is 32.6 Å². The van der Waals surface area contributed by atoms with E-state index in [1.807, 2.05) is 24.3 Å². The number of esters is 1. The van der Waals surface area contributed by atoms with E-state index in [1.54, 1.807) is 0 Å². The number of carboxylic acids is 1. The van der Waals surface area contributed by atoms with Gasteiger partial charge < -0.3 is 15.2 Å². The van der Waals surface area contributed by atoms with Gasteiger partial charge in [-0.15, -0.1) is 0 Å². The number of aliphatic carboxylic acids is 1. The quantitative estimate of drug-likeness (QED) is 0.518. The van der Waals surface area contributed by atoms with Gasteiger partial charge in [0.2, 0.25) is 0 Å². The largest absolute Gasteiger partial charge is 0.480 e. The standard InChI is InChI=1S/C18H16INO5/c1-25-18(24)13-4-2-3-12(10-13)16(21)20-15(17(22)23)9-11-5-7-14(19)8-6-11/h2-8,10,15H,9H2,1H3,(H,20,21)(H,22,23)/t15-/m0/s1. The number of amides is 1.